The second kappa shape index (κ2) is 7.53. The molecule has 20 heavy (non-hydrogen) atoms. The van der Waals surface area contributed by atoms with Crippen molar-refractivity contribution >= 4 is 28.9 Å². The molecule has 112 valence electrons. The standard InChI is InChI=1S/C16H24Cl2N2/c1-2-4-12-5-3-7-20(8-6-12)11-13-9-14(17)16(19)15(18)10-13/h9-10,12H,2-8,11,19H2,1H3. The zero-order chi connectivity index (χ0) is 14.5. The lowest BCUT2D eigenvalue weighted by atomic mass is 9.96. The molecule has 0 radical (unpaired) electrons. The van der Waals surface area contributed by atoms with E-state index in [4.69, 9.17) is 28.9 Å². The number of rotatable bonds is 4. The van der Waals surface area contributed by atoms with Crippen molar-refractivity contribution in [1.29, 1.82) is 0 Å². The number of halogens is 2. The zero-order valence-electron chi connectivity index (χ0n) is 12.2. The van der Waals surface area contributed by atoms with Crippen molar-refractivity contribution in [2.24, 2.45) is 5.92 Å². The van der Waals surface area contributed by atoms with Crippen LogP contribution in [0.1, 0.15) is 44.6 Å². The molecular weight excluding hydrogens is 291 g/mol. The molecule has 0 saturated carbocycles. The summed E-state index contributed by atoms with van der Waals surface area (Å²) in [5.41, 5.74) is 7.42. The molecule has 0 bridgehead atoms. The molecule has 0 aromatic heterocycles. The molecule has 1 saturated heterocycles. The van der Waals surface area contributed by atoms with E-state index in [-0.39, 0.29) is 0 Å². The van der Waals surface area contributed by atoms with Crippen LogP contribution >= 0.6 is 23.2 Å². The number of nitrogen functional groups attached to an aromatic ring is 1. The third-order valence-electron chi connectivity index (χ3n) is 4.18. The number of hydrogen-bond donors (Lipinski definition) is 1. The molecule has 1 aromatic carbocycles. The van der Waals surface area contributed by atoms with E-state index in [9.17, 15) is 0 Å². The van der Waals surface area contributed by atoms with Crippen LogP contribution in [0.5, 0.6) is 0 Å². The molecule has 2 nitrogen and oxygen atoms in total. The molecule has 0 spiro atoms. The predicted molar refractivity (Wildman–Crippen MR) is 88.4 cm³/mol. The molecule has 2 rings (SSSR count). The molecule has 1 unspecified atom stereocenters. The summed E-state index contributed by atoms with van der Waals surface area (Å²) in [5.74, 6) is 0.906. The minimum atomic E-state index is 0.482. The van der Waals surface area contributed by atoms with Crippen molar-refractivity contribution < 1.29 is 0 Å². The van der Waals surface area contributed by atoms with Crippen LogP contribution in [0.15, 0.2) is 12.1 Å². The van der Waals surface area contributed by atoms with Crippen LogP contribution in [0, 0.1) is 5.92 Å². The zero-order valence-corrected chi connectivity index (χ0v) is 13.7. The van der Waals surface area contributed by atoms with E-state index < -0.39 is 0 Å². The lowest BCUT2D eigenvalue weighted by molar-refractivity contribution is 0.271. The van der Waals surface area contributed by atoms with Crippen LogP contribution in [0.3, 0.4) is 0 Å². The highest BCUT2D eigenvalue weighted by molar-refractivity contribution is 6.38. The molecule has 1 atom stereocenters. The van der Waals surface area contributed by atoms with Crippen molar-refractivity contribution in [2.45, 2.75) is 45.6 Å². The van der Waals surface area contributed by atoms with Crippen molar-refractivity contribution in [2.75, 3.05) is 18.8 Å². The molecule has 4 heteroatoms. The van der Waals surface area contributed by atoms with Gasteiger partial charge in [0.15, 0.2) is 0 Å². The van der Waals surface area contributed by atoms with Crippen LogP contribution in [-0.4, -0.2) is 18.0 Å². The van der Waals surface area contributed by atoms with Gasteiger partial charge in [-0.05, 0) is 56.0 Å². The Hall–Kier alpha value is -0.440. The summed E-state index contributed by atoms with van der Waals surface area (Å²) in [4.78, 5) is 2.51. The maximum atomic E-state index is 6.11. The van der Waals surface area contributed by atoms with Crippen molar-refractivity contribution in [3.05, 3.63) is 27.7 Å². The van der Waals surface area contributed by atoms with Crippen molar-refractivity contribution in [1.82, 2.24) is 4.90 Å². The predicted octanol–water partition coefficient (Wildman–Crippen LogP) is 4.98. The van der Waals surface area contributed by atoms with Gasteiger partial charge in [-0.15, -0.1) is 0 Å². The Bertz CT molecular complexity index is 425. The third kappa shape index (κ3) is 4.28. The summed E-state index contributed by atoms with van der Waals surface area (Å²) >= 11 is 12.2. The maximum Gasteiger partial charge on any atom is 0.0693 e. The van der Waals surface area contributed by atoms with Gasteiger partial charge in [-0.3, -0.25) is 4.90 Å². The Morgan fingerprint density at radius 2 is 1.90 bits per heavy atom. The quantitative estimate of drug-likeness (QED) is 0.794. The molecular formula is C16H24Cl2N2. The minimum absolute atomic E-state index is 0.482. The molecule has 1 aliphatic rings. The van der Waals surface area contributed by atoms with E-state index in [1.807, 2.05) is 12.1 Å². The highest BCUT2D eigenvalue weighted by atomic mass is 35.5. The second-order valence-corrected chi connectivity index (χ2v) is 6.65. The van der Waals surface area contributed by atoms with Crippen LogP contribution in [0.2, 0.25) is 10.0 Å². The first-order valence-electron chi connectivity index (χ1n) is 7.56. The Morgan fingerprint density at radius 3 is 2.55 bits per heavy atom. The van der Waals surface area contributed by atoms with Crippen LogP contribution in [-0.2, 0) is 6.54 Å². The SMILES string of the molecule is CCCC1CCCN(Cc2cc(Cl)c(N)c(Cl)c2)CC1. The van der Waals surface area contributed by atoms with Gasteiger partial charge in [0.2, 0.25) is 0 Å². The van der Waals surface area contributed by atoms with Gasteiger partial charge >= 0.3 is 0 Å². The van der Waals surface area contributed by atoms with Crippen LogP contribution in [0.4, 0.5) is 5.69 Å². The number of anilines is 1. The molecule has 0 amide bonds. The monoisotopic (exact) mass is 314 g/mol. The molecule has 1 aliphatic heterocycles. The van der Waals surface area contributed by atoms with Gasteiger partial charge in [0.1, 0.15) is 0 Å². The molecule has 0 aliphatic carbocycles. The summed E-state index contributed by atoms with van der Waals surface area (Å²) in [7, 11) is 0. The van der Waals surface area contributed by atoms with E-state index in [0.29, 0.717) is 15.7 Å². The van der Waals surface area contributed by atoms with E-state index in [2.05, 4.69) is 11.8 Å². The first kappa shape index (κ1) is 15.9. The Balaban J connectivity index is 1.96. The number of nitrogens with zero attached hydrogens (tertiary/aromatic N) is 1. The van der Waals surface area contributed by atoms with Crippen LogP contribution in [0.25, 0.3) is 0 Å². The largest absolute Gasteiger partial charge is 0.396 e. The van der Waals surface area contributed by atoms with E-state index in [0.717, 1.165) is 18.0 Å². The number of likely N-dealkylation sites (tertiary alicyclic amines) is 1. The lowest BCUT2D eigenvalue weighted by Gasteiger charge is -2.20. The second-order valence-electron chi connectivity index (χ2n) is 5.83. The Labute approximate surface area is 132 Å². The first-order valence-corrected chi connectivity index (χ1v) is 8.31. The number of benzene rings is 1. The first-order chi connectivity index (χ1) is 9.60. The maximum absolute atomic E-state index is 6.11. The van der Waals surface area contributed by atoms with E-state index in [1.54, 1.807) is 0 Å². The van der Waals surface area contributed by atoms with E-state index >= 15 is 0 Å². The Kier molecular flexibility index (Phi) is 6.01. The summed E-state index contributed by atoms with van der Waals surface area (Å²) in [6, 6.07) is 3.88. The minimum Gasteiger partial charge on any atom is -0.396 e. The molecule has 1 fully saturated rings. The fraction of sp³-hybridized carbons (Fsp3) is 0.625. The fourth-order valence-corrected chi connectivity index (χ4v) is 3.60. The normalized spacial score (nSPS) is 20.9. The van der Waals surface area contributed by atoms with Crippen molar-refractivity contribution in [3.63, 3.8) is 0 Å². The van der Waals surface area contributed by atoms with Gasteiger partial charge in [0.25, 0.3) is 0 Å². The van der Waals surface area contributed by atoms with Crippen molar-refractivity contribution in [3.8, 4) is 0 Å². The number of nitrogens with two attached hydrogens (primary N) is 1. The Morgan fingerprint density at radius 1 is 1.20 bits per heavy atom. The van der Waals surface area contributed by atoms with Gasteiger partial charge in [0.05, 0.1) is 15.7 Å². The smallest absolute Gasteiger partial charge is 0.0693 e. The lowest BCUT2D eigenvalue weighted by Crippen LogP contribution is -2.24. The summed E-state index contributed by atoms with van der Waals surface area (Å²) in [5, 5.41) is 1.12. The fourth-order valence-electron chi connectivity index (χ4n) is 3.07. The topological polar surface area (TPSA) is 29.3 Å². The average Bonchev–Trinajstić information content (AvgIpc) is 2.62. The van der Waals surface area contributed by atoms with E-state index in [1.165, 1.54) is 45.2 Å². The van der Waals surface area contributed by atoms with Gasteiger partial charge < -0.3 is 5.73 Å². The molecule has 1 heterocycles. The number of hydrogen-bond acceptors (Lipinski definition) is 2. The highest BCUT2D eigenvalue weighted by Gasteiger charge is 2.17. The molecule has 1 aromatic rings. The summed E-state index contributed by atoms with van der Waals surface area (Å²) < 4.78 is 0. The van der Waals surface area contributed by atoms with Gasteiger partial charge in [-0.25, -0.2) is 0 Å². The highest BCUT2D eigenvalue weighted by Crippen LogP contribution is 2.30. The van der Waals surface area contributed by atoms with Gasteiger partial charge in [0, 0.05) is 6.54 Å². The van der Waals surface area contributed by atoms with Gasteiger partial charge in [-0.1, -0.05) is 43.0 Å². The summed E-state index contributed by atoms with van der Waals surface area (Å²) in [6.07, 6.45) is 6.64. The molecule has 2 N–H and O–H groups in total. The van der Waals surface area contributed by atoms with Crippen LogP contribution < -0.4 is 5.73 Å². The average molecular weight is 315 g/mol. The third-order valence-corrected chi connectivity index (χ3v) is 4.81. The summed E-state index contributed by atoms with van der Waals surface area (Å²) in [6.45, 7) is 5.53. The van der Waals surface area contributed by atoms with Gasteiger partial charge in [-0.2, -0.15) is 0 Å².